The predicted octanol–water partition coefficient (Wildman–Crippen LogP) is 4.84. The molecule has 130 valence electrons. The Labute approximate surface area is 155 Å². The minimum absolute atomic E-state index is 0.104. The first kappa shape index (κ1) is 15.6. The molecule has 4 nitrogen and oxygen atoms in total. The topological polar surface area (TPSA) is 37.6 Å². The van der Waals surface area contributed by atoms with Gasteiger partial charge in [-0.25, -0.2) is 4.52 Å². The average molecular weight is 361 g/mol. The van der Waals surface area contributed by atoms with E-state index in [9.17, 15) is 4.79 Å². The molecule has 1 aliphatic rings. The lowest BCUT2D eigenvalue weighted by atomic mass is 10.1. The number of pyridine rings is 1. The maximum absolute atomic E-state index is 13.0. The minimum Gasteiger partial charge on any atom is -0.339 e. The Morgan fingerprint density at radius 3 is 2.73 bits per heavy atom. The highest BCUT2D eigenvalue weighted by Crippen LogP contribution is 2.34. The SMILES string of the molecule is O=C(c1cnn2c(-c3csc4ccccc34)cccc12)N1CCCCC1. The van der Waals surface area contributed by atoms with E-state index in [1.807, 2.05) is 21.5 Å². The Morgan fingerprint density at radius 2 is 1.85 bits per heavy atom. The third-order valence-corrected chi connectivity index (χ3v) is 6.14. The Bertz CT molecular complexity index is 1100. The average Bonchev–Trinajstić information content (AvgIpc) is 3.32. The number of rotatable bonds is 2. The van der Waals surface area contributed by atoms with E-state index >= 15 is 0 Å². The number of nitrogens with zero attached hydrogens (tertiary/aromatic N) is 3. The number of piperidine rings is 1. The van der Waals surface area contributed by atoms with Crippen LogP contribution in [0.5, 0.6) is 0 Å². The largest absolute Gasteiger partial charge is 0.339 e. The molecule has 0 aliphatic carbocycles. The number of hydrogen-bond acceptors (Lipinski definition) is 3. The predicted molar refractivity (Wildman–Crippen MR) is 106 cm³/mol. The molecule has 1 saturated heterocycles. The molecule has 0 unspecified atom stereocenters. The number of likely N-dealkylation sites (tertiary alicyclic amines) is 1. The molecule has 0 saturated carbocycles. The number of benzene rings is 1. The lowest BCUT2D eigenvalue weighted by Gasteiger charge is -2.26. The van der Waals surface area contributed by atoms with E-state index in [2.05, 4.69) is 40.8 Å². The molecule has 4 aromatic rings. The van der Waals surface area contributed by atoms with Gasteiger partial charge >= 0.3 is 0 Å². The van der Waals surface area contributed by atoms with Crippen LogP contribution in [0, 0.1) is 0 Å². The summed E-state index contributed by atoms with van der Waals surface area (Å²) in [5.41, 5.74) is 3.77. The van der Waals surface area contributed by atoms with E-state index in [1.165, 1.54) is 16.5 Å². The highest BCUT2D eigenvalue weighted by atomic mass is 32.1. The first-order valence-electron chi connectivity index (χ1n) is 9.05. The maximum atomic E-state index is 13.0. The van der Waals surface area contributed by atoms with Gasteiger partial charge in [-0.1, -0.05) is 24.3 Å². The molecule has 0 radical (unpaired) electrons. The van der Waals surface area contributed by atoms with E-state index in [0.29, 0.717) is 5.56 Å². The van der Waals surface area contributed by atoms with E-state index in [4.69, 9.17) is 0 Å². The van der Waals surface area contributed by atoms with Crippen molar-refractivity contribution in [2.45, 2.75) is 19.3 Å². The highest BCUT2D eigenvalue weighted by molar-refractivity contribution is 7.17. The quantitative estimate of drug-likeness (QED) is 0.512. The van der Waals surface area contributed by atoms with Crippen LogP contribution in [0.25, 0.3) is 26.9 Å². The van der Waals surface area contributed by atoms with Crippen LogP contribution in [0.15, 0.2) is 54.0 Å². The fraction of sp³-hybridized carbons (Fsp3) is 0.238. The van der Waals surface area contributed by atoms with Crippen LogP contribution in [-0.4, -0.2) is 33.5 Å². The van der Waals surface area contributed by atoms with Crippen LogP contribution < -0.4 is 0 Å². The van der Waals surface area contributed by atoms with E-state index in [-0.39, 0.29) is 5.91 Å². The standard InChI is InChI=1S/C21H19N3OS/c25-21(23-11-4-1-5-12-23)16-13-22-24-18(16)8-6-9-19(24)17-14-26-20-10-3-2-7-15(17)20/h2-3,6-10,13-14H,1,4-5,11-12H2. The van der Waals surface area contributed by atoms with E-state index in [1.54, 1.807) is 17.5 Å². The second-order valence-electron chi connectivity index (χ2n) is 6.76. The summed E-state index contributed by atoms with van der Waals surface area (Å²) in [5, 5.41) is 7.97. The number of thiophene rings is 1. The van der Waals surface area contributed by atoms with Crippen LogP contribution in [0.3, 0.4) is 0 Å². The van der Waals surface area contributed by atoms with Gasteiger partial charge in [-0.05, 0) is 37.5 Å². The van der Waals surface area contributed by atoms with Gasteiger partial charge in [0.15, 0.2) is 0 Å². The first-order chi connectivity index (χ1) is 12.8. The second-order valence-corrected chi connectivity index (χ2v) is 7.68. The molecule has 1 aliphatic heterocycles. The summed E-state index contributed by atoms with van der Waals surface area (Å²) in [6.07, 6.45) is 5.13. The van der Waals surface area contributed by atoms with Gasteiger partial charge in [0, 0.05) is 34.1 Å². The summed E-state index contributed by atoms with van der Waals surface area (Å²) in [4.78, 5) is 14.9. The molecule has 0 bridgehead atoms. The van der Waals surface area contributed by atoms with E-state index < -0.39 is 0 Å². The second kappa shape index (κ2) is 6.25. The fourth-order valence-electron chi connectivity index (χ4n) is 3.82. The lowest BCUT2D eigenvalue weighted by Crippen LogP contribution is -2.35. The van der Waals surface area contributed by atoms with Crippen LogP contribution in [-0.2, 0) is 0 Å². The van der Waals surface area contributed by atoms with Gasteiger partial charge in [0.1, 0.15) is 0 Å². The van der Waals surface area contributed by atoms with Crippen LogP contribution in [0.4, 0.5) is 0 Å². The molecule has 1 aromatic carbocycles. The van der Waals surface area contributed by atoms with Crippen molar-refractivity contribution in [2.75, 3.05) is 13.1 Å². The van der Waals surface area contributed by atoms with Crippen molar-refractivity contribution in [1.29, 1.82) is 0 Å². The van der Waals surface area contributed by atoms with E-state index in [0.717, 1.165) is 42.7 Å². The Hall–Kier alpha value is -2.66. The van der Waals surface area contributed by atoms with Gasteiger partial charge in [0.05, 0.1) is 23.0 Å². The van der Waals surface area contributed by atoms with Gasteiger partial charge < -0.3 is 4.90 Å². The van der Waals surface area contributed by atoms with Gasteiger partial charge in [-0.15, -0.1) is 11.3 Å². The first-order valence-corrected chi connectivity index (χ1v) is 9.93. The van der Waals surface area contributed by atoms with Crippen LogP contribution in [0.1, 0.15) is 29.6 Å². The summed E-state index contributed by atoms with van der Waals surface area (Å²) in [6.45, 7) is 1.70. The normalized spacial score (nSPS) is 15.0. The van der Waals surface area contributed by atoms with Crippen molar-refractivity contribution in [3.8, 4) is 11.3 Å². The summed E-state index contributed by atoms with van der Waals surface area (Å²) in [7, 11) is 0. The van der Waals surface area contributed by atoms with Crippen molar-refractivity contribution in [3.05, 3.63) is 59.6 Å². The van der Waals surface area contributed by atoms with Crippen molar-refractivity contribution in [1.82, 2.24) is 14.5 Å². The van der Waals surface area contributed by atoms with Gasteiger partial charge in [0.2, 0.25) is 0 Å². The summed E-state index contributed by atoms with van der Waals surface area (Å²) in [5.74, 6) is 0.104. The number of hydrogen-bond donors (Lipinski definition) is 0. The number of amides is 1. The molecule has 1 amide bonds. The van der Waals surface area contributed by atoms with Gasteiger partial charge in [-0.2, -0.15) is 5.10 Å². The smallest absolute Gasteiger partial charge is 0.257 e. The molecule has 5 heteroatoms. The fourth-order valence-corrected chi connectivity index (χ4v) is 4.78. The molecule has 5 rings (SSSR count). The third-order valence-electron chi connectivity index (χ3n) is 5.17. The zero-order valence-corrected chi connectivity index (χ0v) is 15.2. The van der Waals surface area contributed by atoms with Crippen LogP contribution in [0.2, 0.25) is 0 Å². The molecule has 0 spiro atoms. The number of carbonyl (C=O) groups excluding carboxylic acids is 1. The molecular weight excluding hydrogens is 342 g/mol. The minimum atomic E-state index is 0.104. The number of fused-ring (bicyclic) bond motifs is 2. The highest BCUT2D eigenvalue weighted by Gasteiger charge is 2.22. The molecule has 3 aromatic heterocycles. The molecule has 0 atom stereocenters. The maximum Gasteiger partial charge on any atom is 0.257 e. The summed E-state index contributed by atoms with van der Waals surface area (Å²) in [6, 6.07) is 14.5. The van der Waals surface area contributed by atoms with Crippen LogP contribution >= 0.6 is 11.3 Å². The lowest BCUT2D eigenvalue weighted by molar-refractivity contribution is 0.0726. The Morgan fingerprint density at radius 1 is 1.00 bits per heavy atom. The molecule has 4 heterocycles. The van der Waals surface area contributed by atoms with Crippen molar-refractivity contribution in [3.63, 3.8) is 0 Å². The zero-order valence-electron chi connectivity index (χ0n) is 14.4. The summed E-state index contributed by atoms with van der Waals surface area (Å²) >= 11 is 1.74. The Kier molecular flexibility index (Phi) is 3.75. The van der Waals surface area contributed by atoms with Gasteiger partial charge in [-0.3, -0.25) is 4.79 Å². The molecule has 1 fully saturated rings. The zero-order chi connectivity index (χ0) is 17.5. The van der Waals surface area contributed by atoms with Crippen molar-refractivity contribution in [2.24, 2.45) is 0 Å². The van der Waals surface area contributed by atoms with Gasteiger partial charge in [0.25, 0.3) is 5.91 Å². The number of aromatic nitrogens is 2. The summed E-state index contributed by atoms with van der Waals surface area (Å²) < 4.78 is 3.17. The molecular formula is C21H19N3OS. The van der Waals surface area contributed by atoms with Crippen molar-refractivity contribution < 1.29 is 4.79 Å². The molecule has 26 heavy (non-hydrogen) atoms. The van der Waals surface area contributed by atoms with Crippen molar-refractivity contribution >= 4 is 32.8 Å². The number of carbonyl (C=O) groups is 1. The monoisotopic (exact) mass is 361 g/mol. The Balaban J connectivity index is 1.63. The third kappa shape index (κ3) is 2.42. The molecule has 0 N–H and O–H groups in total.